The van der Waals surface area contributed by atoms with Gasteiger partial charge in [-0.2, -0.15) is 0 Å². The maximum Gasteiger partial charge on any atom is 0.253 e. The van der Waals surface area contributed by atoms with Crippen LogP contribution in [-0.2, 0) is 28.9 Å². The second-order valence-corrected chi connectivity index (χ2v) is 9.28. The predicted molar refractivity (Wildman–Crippen MR) is 142 cm³/mol. The molecule has 5 rings (SSSR count). The Balaban J connectivity index is 1.38. The van der Waals surface area contributed by atoms with Crippen molar-refractivity contribution in [2.75, 3.05) is 32.6 Å². The van der Waals surface area contributed by atoms with E-state index in [1.54, 1.807) is 30.4 Å². The number of methoxy groups -OCH3 is 1. The summed E-state index contributed by atoms with van der Waals surface area (Å²) in [6, 6.07) is 21.6. The Morgan fingerprint density at radius 3 is 2.70 bits per heavy atom. The Kier molecular flexibility index (Phi) is 7.18. The van der Waals surface area contributed by atoms with Crippen molar-refractivity contribution in [2.45, 2.75) is 25.5 Å². The number of fused-ring (bicyclic) bond motifs is 2. The lowest BCUT2D eigenvalue weighted by Gasteiger charge is -2.22. The van der Waals surface area contributed by atoms with E-state index < -0.39 is 0 Å². The Morgan fingerprint density at radius 2 is 1.92 bits per heavy atom. The molecule has 0 unspecified atom stereocenters. The Morgan fingerprint density at radius 1 is 1.14 bits per heavy atom. The number of hydrogen-bond donors (Lipinski definition) is 1. The summed E-state index contributed by atoms with van der Waals surface area (Å²) in [5.41, 5.74) is 4.76. The van der Waals surface area contributed by atoms with Crippen LogP contribution in [0, 0.1) is 0 Å². The molecule has 0 aliphatic carbocycles. The number of rotatable bonds is 9. The van der Waals surface area contributed by atoms with E-state index in [-0.39, 0.29) is 24.5 Å². The second kappa shape index (κ2) is 10.8. The molecule has 0 bridgehead atoms. The number of carbonyl (C=O) groups excluding carboxylic acids is 2. The van der Waals surface area contributed by atoms with Crippen LogP contribution in [0.4, 0.5) is 5.69 Å². The monoisotopic (exact) mass is 498 g/mol. The summed E-state index contributed by atoms with van der Waals surface area (Å²) in [6.45, 7) is 1.04. The highest BCUT2D eigenvalue weighted by Gasteiger charge is 2.26. The van der Waals surface area contributed by atoms with Crippen LogP contribution in [0.3, 0.4) is 0 Å². The molecule has 3 aromatic carbocycles. The summed E-state index contributed by atoms with van der Waals surface area (Å²) < 4.78 is 13.0. The fraction of sp³-hybridized carbons (Fsp3) is 0.276. The van der Waals surface area contributed by atoms with Gasteiger partial charge in [-0.05, 0) is 35.7 Å². The highest BCUT2D eigenvalue weighted by Crippen LogP contribution is 2.29. The van der Waals surface area contributed by atoms with Gasteiger partial charge in [-0.25, -0.2) is 4.98 Å². The molecule has 8 nitrogen and oxygen atoms in total. The minimum atomic E-state index is -0.297. The van der Waals surface area contributed by atoms with Crippen LogP contribution in [-0.4, -0.2) is 59.7 Å². The predicted octanol–water partition coefficient (Wildman–Crippen LogP) is 3.94. The van der Waals surface area contributed by atoms with Gasteiger partial charge in [0.05, 0.1) is 29.6 Å². The number of carbonyl (C=O) groups is 2. The molecular weight excluding hydrogens is 468 g/mol. The summed E-state index contributed by atoms with van der Waals surface area (Å²) in [5.74, 6) is 0.413. The molecule has 1 N–H and O–H groups in total. The van der Waals surface area contributed by atoms with Gasteiger partial charge in [-0.3, -0.25) is 9.59 Å². The zero-order valence-corrected chi connectivity index (χ0v) is 21.0. The maximum atomic E-state index is 13.4. The lowest BCUT2D eigenvalue weighted by atomic mass is 10.1. The number of nitrogens with zero attached hydrogens (tertiary/aromatic N) is 3. The minimum Gasteiger partial charge on any atom is -0.488 e. The molecule has 2 amide bonds. The van der Waals surface area contributed by atoms with Gasteiger partial charge in [0.2, 0.25) is 5.91 Å². The van der Waals surface area contributed by atoms with E-state index in [0.717, 1.165) is 29.7 Å². The van der Waals surface area contributed by atoms with Crippen LogP contribution >= 0.6 is 0 Å². The van der Waals surface area contributed by atoms with Crippen molar-refractivity contribution in [1.29, 1.82) is 0 Å². The fourth-order valence-corrected chi connectivity index (χ4v) is 4.77. The molecule has 0 radical (unpaired) electrons. The number of likely N-dealkylation sites (N-methyl/N-ethyl adjacent to an activating group) is 1. The van der Waals surface area contributed by atoms with Crippen molar-refractivity contribution < 1.29 is 19.1 Å². The minimum absolute atomic E-state index is 0.0860. The zero-order chi connectivity index (χ0) is 25.8. The van der Waals surface area contributed by atoms with Crippen molar-refractivity contribution in [3.63, 3.8) is 0 Å². The van der Waals surface area contributed by atoms with E-state index in [0.29, 0.717) is 29.9 Å². The molecule has 0 saturated carbocycles. The summed E-state index contributed by atoms with van der Waals surface area (Å²) in [5, 5.41) is 2.91. The fourth-order valence-electron chi connectivity index (χ4n) is 4.77. The quantitative estimate of drug-likeness (QED) is 0.378. The number of aromatic nitrogens is 2. The van der Waals surface area contributed by atoms with Crippen LogP contribution in [0.15, 0.2) is 73.1 Å². The first-order valence-corrected chi connectivity index (χ1v) is 12.3. The molecule has 1 aliphatic heterocycles. The normalized spacial score (nSPS) is 14.3. The molecule has 2 heterocycles. The van der Waals surface area contributed by atoms with Crippen molar-refractivity contribution >= 4 is 28.5 Å². The number of nitrogens with one attached hydrogen (secondary N) is 1. The van der Waals surface area contributed by atoms with Gasteiger partial charge >= 0.3 is 0 Å². The Labute approximate surface area is 215 Å². The lowest BCUT2D eigenvalue weighted by molar-refractivity contribution is -0.119. The molecule has 1 aromatic heterocycles. The Hall–Kier alpha value is -4.17. The number of imidazole rings is 1. The first-order chi connectivity index (χ1) is 18.0. The highest BCUT2D eigenvalue weighted by molar-refractivity contribution is 6.05. The standard InChI is InChI=1S/C29H30N4O4/c1-32(17-23-14-21-10-6-7-11-26(21)37-23)29(35)22-15-24-28(25(16-22)31-27(34)18-36-2)33(19-30-24)13-12-20-8-4-3-5-9-20/h3-11,15-16,19,23H,12-14,17-18H2,1-2H3,(H,31,34)/t23-/m0/s1. The molecule has 1 aliphatic rings. The number of ether oxygens (including phenoxy) is 2. The number of anilines is 1. The van der Waals surface area contributed by atoms with E-state index in [2.05, 4.69) is 22.4 Å². The average molecular weight is 499 g/mol. The van der Waals surface area contributed by atoms with Gasteiger partial charge in [0.1, 0.15) is 18.5 Å². The van der Waals surface area contributed by atoms with Gasteiger partial charge in [0.25, 0.3) is 5.91 Å². The van der Waals surface area contributed by atoms with E-state index in [9.17, 15) is 9.59 Å². The average Bonchev–Trinajstić information content (AvgIpc) is 3.51. The first kappa shape index (κ1) is 24.5. The Bertz CT molecular complexity index is 1390. The number of hydrogen-bond acceptors (Lipinski definition) is 5. The highest BCUT2D eigenvalue weighted by atomic mass is 16.5. The van der Waals surface area contributed by atoms with Gasteiger partial charge < -0.3 is 24.3 Å². The van der Waals surface area contributed by atoms with Crippen LogP contribution in [0.25, 0.3) is 11.0 Å². The van der Waals surface area contributed by atoms with Crippen molar-refractivity contribution in [3.05, 3.63) is 89.7 Å². The van der Waals surface area contributed by atoms with Crippen LogP contribution in [0.2, 0.25) is 0 Å². The third-order valence-electron chi connectivity index (χ3n) is 6.53. The van der Waals surface area contributed by atoms with Gasteiger partial charge in [0.15, 0.2) is 0 Å². The van der Waals surface area contributed by atoms with E-state index in [1.807, 2.05) is 47.0 Å². The largest absolute Gasteiger partial charge is 0.488 e. The summed E-state index contributed by atoms with van der Waals surface area (Å²) in [6.07, 6.45) is 3.22. The number of amides is 2. The van der Waals surface area contributed by atoms with Gasteiger partial charge in [-0.15, -0.1) is 0 Å². The molecule has 1 atom stereocenters. The summed E-state index contributed by atoms with van der Waals surface area (Å²) >= 11 is 0. The third-order valence-corrected chi connectivity index (χ3v) is 6.53. The maximum absolute atomic E-state index is 13.4. The van der Waals surface area contributed by atoms with Crippen LogP contribution < -0.4 is 10.1 Å². The van der Waals surface area contributed by atoms with E-state index >= 15 is 0 Å². The molecule has 0 fully saturated rings. The first-order valence-electron chi connectivity index (χ1n) is 12.3. The molecule has 0 saturated heterocycles. The van der Waals surface area contributed by atoms with Crippen molar-refractivity contribution in [3.8, 4) is 5.75 Å². The summed E-state index contributed by atoms with van der Waals surface area (Å²) in [7, 11) is 3.23. The SMILES string of the molecule is COCC(=O)Nc1cc(C(=O)N(C)C[C@@H]2Cc3ccccc3O2)cc2ncn(CCc3ccccc3)c12. The molecular formula is C29H30N4O4. The summed E-state index contributed by atoms with van der Waals surface area (Å²) in [4.78, 5) is 32.1. The molecule has 4 aromatic rings. The molecule has 8 heteroatoms. The topological polar surface area (TPSA) is 85.7 Å². The molecule has 37 heavy (non-hydrogen) atoms. The van der Waals surface area contributed by atoms with E-state index in [1.165, 1.54) is 12.7 Å². The van der Waals surface area contributed by atoms with Gasteiger partial charge in [0, 0.05) is 32.7 Å². The lowest BCUT2D eigenvalue weighted by Crippen LogP contribution is -2.36. The third kappa shape index (κ3) is 5.49. The van der Waals surface area contributed by atoms with E-state index in [4.69, 9.17) is 9.47 Å². The van der Waals surface area contributed by atoms with Crippen molar-refractivity contribution in [2.24, 2.45) is 0 Å². The molecule has 0 spiro atoms. The number of para-hydroxylation sites is 1. The van der Waals surface area contributed by atoms with Crippen molar-refractivity contribution in [1.82, 2.24) is 14.5 Å². The smallest absolute Gasteiger partial charge is 0.253 e. The molecule has 190 valence electrons. The number of aryl methyl sites for hydroxylation is 2. The number of benzene rings is 3. The van der Waals surface area contributed by atoms with Gasteiger partial charge in [-0.1, -0.05) is 48.5 Å². The van der Waals surface area contributed by atoms with Crippen LogP contribution in [0.5, 0.6) is 5.75 Å². The second-order valence-electron chi connectivity index (χ2n) is 9.28. The zero-order valence-electron chi connectivity index (χ0n) is 21.0. The van der Waals surface area contributed by atoms with Crippen LogP contribution in [0.1, 0.15) is 21.5 Å².